The van der Waals surface area contributed by atoms with E-state index in [0.717, 1.165) is 56.1 Å². The third-order valence-corrected chi connectivity index (χ3v) is 5.81. The second-order valence-corrected chi connectivity index (χ2v) is 8.58. The zero-order chi connectivity index (χ0) is 25.9. The predicted molar refractivity (Wildman–Crippen MR) is 149 cm³/mol. The molecule has 0 saturated carbocycles. The third kappa shape index (κ3) is 12.1. The second-order valence-electron chi connectivity index (χ2n) is 8.15. The van der Waals surface area contributed by atoms with Gasteiger partial charge in [-0.25, -0.2) is 0 Å². The largest absolute Gasteiger partial charge is 0.486 e. The van der Waals surface area contributed by atoms with Crippen LogP contribution in [0, 0.1) is 5.92 Å². The minimum absolute atomic E-state index is 0.0161. The molecule has 34 heavy (non-hydrogen) atoms. The van der Waals surface area contributed by atoms with E-state index >= 15 is 0 Å². The van der Waals surface area contributed by atoms with E-state index in [1.807, 2.05) is 70.7 Å². The Balaban J connectivity index is 0.00000258. The molecular weight excluding hydrogens is 444 g/mol. The first-order valence-electron chi connectivity index (χ1n) is 13.2. The molecule has 0 aliphatic heterocycles. The summed E-state index contributed by atoms with van der Waals surface area (Å²) in [6, 6.07) is 0.361. The van der Waals surface area contributed by atoms with Crippen molar-refractivity contribution in [1.29, 1.82) is 0 Å². The molecule has 2 unspecified atom stereocenters. The molecule has 2 atom stereocenters. The molecule has 2 aliphatic carbocycles. The Hall–Kier alpha value is -1.78. The summed E-state index contributed by atoms with van der Waals surface area (Å²) in [7, 11) is 0. The summed E-state index contributed by atoms with van der Waals surface area (Å²) in [5.74, 6) is 1.22. The van der Waals surface area contributed by atoms with E-state index in [4.69, 9.17) is 16.3 Å². The Morgan fingerprint density at radius 3 is 2.44 bits per heavy atom. The molecule has 0 bridgehead atoms. The lowest BCUT2D eigenvalue weighted by Crippen LogP contribution is -2.39. The maximum atomic E-state index is 12.3. The number of carbonyl (C=O) groups is 1. The molecule has 4 nitrogen and oxygen atoms in total. The molecule has 0 radical (unpaired) electrons. The Bertz CT molecular complexity index is 720. The lowest BCUT2D eigenvalue weighted by atomic mass is 10.1. The van der Waals surface area contributed by atoms with Crippen LogP contribution in [0.3, 0.4) is 0 Å². The second kappa shape index (κ2) is 19.5. The fourth-order valence-electron chi connectivity index (χ4n) is 3.58. The number of halogens is 1. The number of hydrogen-bond acceptors (Lipinski definition) is 3. The highest BCUT2D eigenvalue weighted by Crippen LogP contribution is 2.23. The first kappa shape index (κ1) is 32.2. The molecule has 0 spiro atoms. The molecule has 1 N–H and O–H groups in total. The van der Waals surface area contributed by atoms with Gasteiger partial charge in [0.1, 0.15) is 11.9 Å². The van der Waals surface area contributed by atoms with E-state index in [9.17, 15) is 4.79 Å². The molecule has 5 heteroatoms. The van der Waals surface area contributed by atoms with Crippen molar-refractivity contribution in [3.05, 3.63) is 58.9 Å². The van der Waals surface area contributed by atoms with Crippen LogP contribution in [-0.4, -0.2) is 42.6 Å². The fourth-order valence-corrected chi connectivity index (χ4v) is 3.74. The van der Waals surface area contributed by atoms with Crippen LogP contribution in [-0.2, 0) is 9.53 Å². The molecule has 0 saturated heterocycles. The number of carbonyl (C=O) groups excluding carboxylic acids is 1. The van der Waals surface area contributed by atoms with Crippen molar-refractivity contribution < 1.29 is 9.53 Å². The van der Waals surface area contributed by atoms with Gasteiger partial charge in [0.2, 0.25) is 5.91 Å². The van der Waals surface area contributed by atoms with Crippen LogP contribution in [0.5, 0.6) is 0 Å². The highest BCUT2D eigenvalue weighted by Gasteiger charge is 2.18. The summed E-state index contributed by atoms with van der Waals surface area (Å²) in [6.07, 6.45) is 17.9. The molecule has 0 aromatic rings. The van der Waals surface area contributed by atoms with Gasteiger partial charge in [-0.1, -0.05) is 84.4 Å². The molecule has 0 aromatic heterocycles. The van der Waals surface area contributed by atoms with E-state index in [-0.39, 0.29) is 17.9 Å². The first-order chi connectivity index (χ1) is 16.4. The van der Waals surface area contributed by atoms with Crippen LogP contribution in [0.4, 0.5) is 0 Å². The lowest BCUT2D eigenvalue weighted by molar-refractivity contribution is -0.134. The Kier molecular flexibility index (Phi) is 18.5. The van der Waals surface area contributed by atoms with Gasteiger partial charge in [-0.2, -0.15) is 0 Å². The van der Waals surface area contributed by atoms with Crippen molar-refractivity contribution in [3.63, 3.8) is 0 Å². The Morgan fingerprint density at radius 2 is 1.88 bits per heavy atom. The van der Waals surface area contributed by atoms with Crippen molar-refractivity contribution in [3.8, 4) is 0 Å². The van der Waals surface area contributed by atoms with E-state index < -0.39 is 0 Å². The van der Waals surface area contributed by atoms with E-state index in [1.165, 1.54) is 5.57 Å². The Morgan fingerprint density at radius 1 is 1.18 bits per heavy atom. The normalized spacial score (nSPS) is 17.7. The van der Waals surface area contributed by atoms with Crippen LogP contribution in [0.15, 0.2) is 58.9 Å². The Labute approximate surface area is 214 Å². The highest BCUT2D eigenvalue weighted by atomic mass is 35.5. The average Bonchev–Trinajstić information content (AvgIpc) is 3.09. The maximum Gasteiger partial charge on any atom is 0.225 e. The number of nitrogens with zero attached hydrogens (tertiary/aromatic N) is 1. The average molecular weight is 493 g/mol. The zero-order valence-corrected chi connectivity index (χ0v) is 23.6. The summed E-state index contributed by atoms with van der Waals surface area (Å²) in [5.41, 5.74) is 1.25. The van der Waals surface area contributed by atoms with Gasteiger partial charge in [-0.15, -0.1) is 0 Å². The number of rotatable bonds is 11. The lowest BCUT2D eigenvalue weighted by Gasteiger charge is -2.26. The van der Waals surface area contributed by atoms with Gasteiger partial charge >= 0.3 is 0 Å². The van der Waals surface area contributed by atoms with Gasteiger partial charge < -0.3 is 15.0 Å². The van der Waals surface area contributed by atoms with Gasteiger partial charge in [-0.05, 0) is 50.0 Å². The minimum atomic E-state index is 0.0161. The quantitative estimate of drug-likeness (QED) is 0.324. The van der Waals surface area contributed by atoms with Crippen LogP contribution in [0.2, 0.25) is 0 Å². The summed E-state index contributed by atoms with van der Waals surface area (Å²) >= 11 is 6.03. The number of nitrogens with one attached hydrogen (secondary N) is 1. The molecule has 0 fully saturated rings. The number of allylic oxidation sites excluding steroid dienone is 6. The van der Waals surface area contributed by atoms with Crippen LogP contribution >= 0.6 is 11.6 Å². The fraction of sp³-hybridized carbons (Fsp3) is 0.621. The van der Waals surface area contributed by atoms with Gasteiger partial charge in [0.05, 0.1) is 0 Å². The van der Waals surface area contributed by atoms with Crippen LogP contribution in [0.1, 0.15) is 81.1 Å². The summed E-state index contributed by atoms with van der Waals surface area (Å²) in [4.78, 5) is 14.3. The van der Waals surface area contributed by atoms with Gasteiger partial charge in [0.25, 0.3) is 0 Å². The summed E-state index contributed by atoms with van der Waals surface area (Å²) in [5, 5.41) is 4.46. The predicted octanol–water partition coefficient (Wildman–Crippen LogP) is 7.54. The van der Waals surface area contributed by atoms with Crippen molar-refractivity contribution in [2.75, 3.05) is 19.6 Å². The van der Waals surface area contributed by atoms with Gasteiger partial charge in [-0.3, -0.25) is 4.79 Å². The molecule has 2 rings (SSSR count). The number of amides is 1. The SMILES string of the molecule is CC.CC.CCC(CCN(CC)C(=O)C(C)C)NCC1=C(OC2C=CC(Cl)=CC2)C=CC=CC1. The van der Waals surface area contributed by atoms with Crippen LogP contribution < -0.4 is 5.32 Å². The number of ether oxygens (including phenoxy) is 1. The molecular formula is C29H49ClN2O2. The van der Waals surface area contributed by atoms with Gasteiger partial charge in [0.15, 0.2) is 0 Å². The molecule has 0 aromatic carbocycles. The maximum absolute atomic E-state index is 12.3. The van der Waals surface area contributed by atoms with E-state index in [0.29, 0.717) is 6.04 Å². The molecule has 194 valence electrons. The monoisotopic (exact) mass is 492 g/mol. The van der Waals surface area contributed by atoms with Gasteiger partial charge in [0, 0.05) is 43.0 Å². The molecule has 1 amide bonds. The zero-order valence-electron chi connectivity index (χ0n) is 22.9. The summed E-state index contributed by atoms with van der Waals surface area (Å²) in [6.45, 7) is 18.5. The first-order valence-corrected chi connectivity index (χ1v) is 13.6. The molecule has 0 heterocycles. The third-order valence-electron chi connectivity index (χ3n) is 5.53. The van der Waals surface area contributed by atoms with E-state index in [1.54, 1.807) is 0 Å². The van der Waals surface area contributed by atoms with Crippen molar-refractivity contribution >= 4 is 17.5 Å². The standard InChI is InChI=1S/C25H37ClN2O2.2C2H6/c1-5-22(16-17-28(6-2)25(29)19(3)4)27-18-20-10-8-7-9-11-24(20)30-23-14-12-21(26)13-15-23;2*1-2/h7-9,11-14,19,22-23,27H,5-6,10,15-18H2,1-4H3;2*1-2H3. The topological polar surface area (TPSA) is 41.6 Å². The van der Waals surface area contributed by atoms with Crippen molar-refractivity contribution in [1.82, 2.24) is 10.2 Å². The minimum Gasteiger partial charge on any atom is -0.486 e. The molecule has 2 aliphatic rings. The van der Waals surface area contributed by atoms with Crippen LogP contribution in [0.25, 0.3) is 0 Å². The highest BCUT2D eigenvalue weighted by molar-refractivity contribution is 6.31. The van der Waals surface area contributed by atoms with Crippen molar-refractivity contribution in [2.24, 2.45) is 5.92 Å². The van der Waals surface area contributed by atoms with Crippen molar-refractivity contribution in [2.45, 2.75) is 93.2 Å². The van der Waals surface area contributed by atoms with E-state index in [2.05, 4.69) is 37.4 Å². The summed E-state index contributed by atoms with van der Waals surface area (Å²) < 4.78 is 6.28. The smallest absolute Gasteiger partial charge is 0.225 e. The number of hydrogen-bond donors (Lipinski definition) is 1.